The molecule has 0 saturated heterocycles. The van der Waals surface area contributed by atoms with Crippen LogP contribution in [-0.2, 0) is 16.0 Å². The lowest BCUT2D eigenvalue weighted by atomic mass is 10.1. The third-order valence-electron chi connectivity index (χ3n) is 4.03. The molecule has 0 heterocycles. The topological polar surface area (TPSA) is 58.6 Å². The first-order valence-electron chi connectivity index (χ1n) is 8.44. The maximum absolute atomic E-state index is 13.7. The van der Waals surface area contributed by atoms with E-state index in [2.05, 4.69) is 5.32 Å². The summed E-state index contributed by atoms with van der Waals surface area (Å²) in [5, 5.41) is 2.82. The summed E-state index contributed by atoms with van der Waals surface area (Å²) in [5.74, 6) is -0.727. The summed E-state index contributed by atoms with van der Waals surface area (Å²) in [6, 6.07) is 12.1. The number of methoxy groups -OCH3 is 1. The second kappa shape index (κ2) is 9.97. The summed E-state index contributed by atoms with van der Waals surface area (Å²) in [6.45, 7) is -0.0431. The number of para-hydroxylation sites is 1. The molecule has 0 spiro atoms. The molecule has 27 heavy (non-hydrogen) atoms. The Morgan fingerprint density at radius 2 is 1.96 bits per heavy atom. The molecule has 0 aliphatic carbocycles. The number of halogens is 1. The minimum absolute atomic E-state index is 0.0431. The third kappa shape index (κ3) is 5.99. The molecule has 2 rings (SSSR count). The van der Waals surface area contributed by atoms with Crippen molar-refractivity contribution in [3.05, 3.63) is 53.8 Å². The number of anilines is 1. The van der Waals surface area contributed by atoms with E-state index < -0.39 is 5.82 Å². The number of likely N-dealkylation sites (N-methyl/N-ethyl adjacent to an activating group) is 1. The fraction of sp³-hybridized carbons (Fsp3) is 0.300. The highest BCUT2D eigenvalue weighted by Crippen LogP contribution is 2.24. The van der Waals surface area contributed by atoms with Crippen LogP contribution in [0.25, 0.3) is 0 Å². The first kappa shape index (κ1) is 20.8. The Bertz CT molecular complexity index is 814. The summed E-state index contributed by atoms with van der Waals surface area (Å²) >= 11 is 1.54. The summed E-state index contributed by atoms with van der Waals surface area (Å²) in [5.41, 5.74) is 1.43. The van der Waals surface area contributed by atoms with Crippen LogP contribution < -0.4 is 10.1 Å². The first-order valence-corrected chi connectivity index (χ1v) is 9.66. The lowest BCUT2D eigenvalue weighted by Gasteiger charge is -2.17. The normalized spacial score (nSPS) is 10.4. The molecule has 2 aromatic carbocycles. The largest absolute Gasteiger partial charge is 0.494 e. The fourth-order valence-corrected chi connectivity index (χ4v) is 3.10. The summed E-state index contributed by atoms with van der Waals surface area (Å²) in [4.78, 5) is 26.8. The summed E-state index contributed by atoms with van der Waals surface area (Å²) in [6.07, 6.45) is 2.51. The van der Waals surface area contributed by atoms with Gasteiger partial charge in [-0.2, -0.15) is 0 Å². The Kier molecular flexibility index (Phi) is 7.67. The van der Waals surface area contributed by atoms with E-state index in [0.29, 0.717) is 12.0 Å². The van der Waals surface area contributed by atoms with Crippen LogP contribution in [0, 0.1) is 5.82 Å². The number of thioether (sulfide) groups is 1. The Morgan fingerprint density at radius 1 is 1.22 bits per heavy atom. The second-order valence-electron chi connectivity index (χ2n) is 5.97. The maximum Gasteiger partial charge on any atom is 0.244 e. The zero-order valence-electron chi connectivity index (χ0n) is 15.6. The van der Waals surface area contributed by atoms with Crippen molar-refractivity contribution in [2.24, 2.45) is 0 Å². The summed E-state index contributed by atoms with van der Waals surface area (Å²) < 4.78 is 18.6. The molecule has 0 unspecified atom stereocenters. The predicted octanol–water partition coefficient (Wildman–Crippen LogP) is 3.59. The Hall–Kier alpha value is -2.54. The maximum atomic E-state index is 13.7. The molecule has 0 fully saturated rings. The van der Waals surface area contributed by atoms with Gasteiger partial charge >= 0.3 is 0 Å². The number of hydrogen-bond acceptors (Lipinski definition) is 4. The van der Waals surface area contributed by atoms with Crippen molar-refractivity contribution < 1.29 is 18.7 Å². The average molecular weight is 390 g/mol. The standard InChI is InChI=1S/C20H23FN2O3S/c1-23(13-19(24)22-16-6-4-5-7-18(16)27-3)20(25)11-9-14-8-10-17(26-2)15(21)12-14/h4-8,10,12H,9,11,13H2,1-3H3,(H,22,24). The third-order valence-corrected chi connectivity index (χ3v) is 4.83. The van der Waals surface area contributed by atoms with Crippen molar-refractivity contribution >= 4 is 29.3 Å². The quantitative estimate of drug-likeness (QED) is 0.700. The van der Waals surface area contributed by atoms with E-state index in [1.165, 1.54) is 35.9 Å². The van der Waals surface area contributed by atoms with Gasteiger partial charge < -0.3 is 15.0 Å². The molecule has 0 aliphatic heterocycles. The van der Waals surface area contributed by atoms with E-state index in [9.17, 15) is 14.0 Å². The van der Waals surface area contributed by atoms with E-state index in [1.807, 2.05) is 30.5 Å². The molecule has 0 aromatic heterocycles. The van der Waals surface area contributed by atoms with Crippen molar-refractivity contribution in [2.45, 2.75) is 17.7 Å². The highest BCUT2D eigenvalue weighted by molar-refractivity contribution is 7.98. The van der Waals surface area contributed by atoms with Crippen LogP contribution in [0.15, 0.2) is 47.4 Å². The van der Waals surface area contributed by atoms with E-state index >= 15 is 0 Å². The lowest BCUT2D eigenvalue weighted by Crippen LogP contribution is -2.35. The Morgan fingerprint density at radius 3 is 2.63 bits per heavy atom. The number of nitrogens with one attached hydrogen (secondary N) is 1. The van der Waals surface area contributed by atoms with Gasteiger partial charge in [-0.25, -0.2) is 4.39 Å². The van der Waals surface area contributed by atoms with Gasteiger partial charge in [0.05, 0.1) is 19.3 Å². The van der Waals surface area contributed by atoms with Gasteiger partial charge in [0.2, 0.25) is 11.8 Å². The predicted molar refractivity (Wildman–Crippen MR) is 106 cm³/mol. The highest BCUT2D eigenvalue weighted by atomic mass is 32.2. The number of ether oxygens (including phenoxy) is 1. The fourth-order valence-electron chi connectivity index (χ4n) is 2.55. The molecule has 0 saturated carbocycles. The number of amides is 2. The SMILES string of the molecule is COc1ccc(CCC(=O)N(C)CC(=O)Nc2ccccc2SC)cc1F. The number of benzene rings is 2. The van der Waals surface area contributed by atoms with Crippen molar-refractivity contribution in [3.63, 3.8) is 0 Å². The van der Waals surface area contributed by atoms with Gasteiger partial charge in [0.15, 0.2) is 11.6 Å². The van der Waals surface area contributed by atoms with Gasteiger partial charge in [-0.15, -0.1) is 11.8 Å². The molecule has 2 aromatic rings. The average Bonchev–Trinajstić information content (AvgIpc) is 2.66. The number of carbonyl (C=O) groups is 2. The van der Waals surface area contributed by atoms with E-state index in [1.54, 1.807) is 13.1 Å². The Balaban J connectivity index is 1.86. The van der Waals surface area contributed by atoms with Gasteiger partial charge in [-0.1, -0.05) is 18.2 Å². The molecule has 7 heteroatoms. The smallest absolute Gasteiger partial charge is 0.244 e. The van der Waals surface area contributed by atoms with Crippen LogP contribution in [0.3, 0.4) is 0 Å². The number of aryl methyl sites for hydroxylation is 1. The number of nitrogens with zero attached hydrogens (tertiary/aromatic N) is 1. The monoisotopic (exact) mass is 390 g/mol. The number of hydrogen-bond donors (Lipinski definition) is 1. The molecular formula is C20H23FN2O3S. The summed E-state index contributed by atoms with van der Waals surface area (Å²) in [7, 11) is 2.98. The zero-order valence-corrected chi connectivity index (χ0v) is 16.4. The van der Waals surface area contributed by atoms with Gasteiger partial charge in [0.1, 0.15) is 0 Å². The van der Waals surface area contributed by atoms with Crippen molar-refractivity contribution in [2.75, 3.05) is 32.3 Å². The van der Waals surface area contributed by atoms with E-state index in [-0.39, 0.29) is 30.5 Å². The van der Waals surface area contributed by atoms with Crippen LogP contribution >= 0.6 is 11.8 Å². The van der Waals surface area contributed by atoms with Gasteiger partial charge in [-0.3, -0.25) is 9.59 Å². The number of rotatable bonds is 8. The van der Waals surface area contributed by atoms with Crippen LogP contribution in [0.1, 0.15) is 12.0 Å². The second-order valence-corrected chi connectivity index (χ2v) is 6.82. The number of carbonyl (C=O) groups excluding carboxylic acids is 2. The van der Waals surface area contributed by atoms with Crippen LogP contribution in [0.5, 0.6) is 5.75 Å². The Labute approximate surface area is 162 Å². The molecule has 1 N–H and O–H groups in total. The molecule has 0 bridgehead atoms. The molecule has 0 radical (unpaired) electrons. The molecule has 0 atom stereocenters. The molecular weight excluding hydrogens is 367 g/mol. The highest BCUT2D eigenvalue weighted by Gasteiger charge is 2.14. The van der Waals surface area contributed by atoms with E-state index in [4.69, 9.17) is 4.74 Å². The molecule has 144 valence electrons. The lowest BCUT2D eigenvalue weighted by molar-refractivity contribution is -0.133. The van der Waals surface area contributed by atoms with Crippen LogP contribution in [-0.4, -0.2) is 43.7 Å². The minimum Gasteiger partial charge on any atom is -0.494 e. The van der Waals surface area contributed by atoms with Crippen LogP contribution in [0.2, 0.25) is 0 Å². The van der Waals surface area contributed by atoms with E-state index in [0.717, 1.165) is 10.6 Å². The van der Waals surface area contributed by atoms with Gasteiger partial charge in [0.25, 0.3) is 0 Å². The molecule has 5 nitrogen and oxygen atoms in total. The van der Waals surface area contributed by atoms with Crippen molar-refractivity contribution in [1.29, 1.82) is 0 Å². The van der Waals surface area contributed by atoms with Crippen molar-refractivity contribution in [1.82, 2.24) is 4.90 Å². The van der Waals surface area contributed by atoms with Crippen molar-refractivity contribution in [3.8, 4) is 5.75 Å². The molecule has 0 aliphatic rings. The zero-order chi connectivity index (χ0) is 19.8. The van der Waals surface area contributed by atoms with Crippen LogP contribution in [0.4, 0.5) is 10.1 Å². The first-order chi connectivity index (χ1) is 12.9. The van der Waals surface area contributed by atoms with Gasteiger partial charge in [-0.05, 0) is 42.5 Å². The minimum atomic E-state index is -0.456. The van der Waals surface area contributed by atoms with Gasteiger partial charge in [0, 0.05) is 18.4 Å². The molecule has 2 amide bonds.